The number of carbonyl (C=O) groups is 1. The molecule has 0 aliphatic heterocycles. The molecule has 0 aromatic carbocycles. The lowest BCUT2D eigenvalue weighted by molar-refractivity contribution is -0.138. The summed E-state index contributed by atoms with van der Waals surface area (Å²) in [6.07, 6.45) is 0. The van der Waals surface area contributed by atoms with E-state index in [4.69, 9.17) is 16.0 Å². The third-order valence-electron chi connectivity index (χ3n) is 0.628. The van der Waals surface area contributed by atoms with Gasteiger partial charge < -0.3 is 16.0 Å². The highest BCUT2D eigenvalue weighted by molar-refractivity contribution is 5.73. The Morgan fingerprint density at radius 2 is 2.38 bits per heavy atom. The van der Waals surface area contributed by atoms with Crippen LogP contribution in [0, 0.1) is 0 Å². The number of aliphatic carboxylic acids is 1. The Morgan fingerprint density at radius 1 is 1.88 bits per heavy atom. The van der Waals surface area contributed by atoms with Crippen molar-refractivity contribution >= 4 is 5.97 Å². The molecule has 0 saturated heterocycles. The number of carboxylic acids is 1. The summed E-state index contributed by atoms with van der Waals surface area (Å²) in [6, 6.07) is -1.03. The van der Waals surface area contributed by atoms with Crippen LogP contribution >= 0.6 is 0 Å². The van der Waals surface area contributed by atoms with Crippen molar-refractivity contribution in [1.29, 1.82) is 0 Å². The SMILES string of the molecule is [15NH2][C@@H](CNO)C(=O)O. The Bertz CT molecular complexity index is 84.6. The van der Waals surface area contributed by atoms with Crippen molar-refractivity contribution < 1.29 is 15.1 Å². The molecule has 0 bridgehead atoms. The van der Waals surface area contributed by atoms with E-state index in [1.165, 1.54) is 0 Å². The fourth-order valence-corrected chi connectivity index (χ4v) is 0.186. The molecule has 0 heterocycles. The molecule has 0 unspecified atom stereocenters. The maximum absolute atomic E-state index is 9.81. The average molecular weight is 121 g/mol. The van der Waals surface area contributed by atoms with Gasteiger partial charge in [0, 0.05) is 6.54 Å². The van der Waals surface area contributed by atoms with Crippen LogP contribution in [0.4, 0.5) is 0 Å². The van der Waals surface area contributed by atoms with Crippen LogP contribution in [0.2, 0.25) is 0 Å². The number of hydrogen-bond acceptors (Lipinski definition) is 4. The zero-order valence-corrected chi connectivity index (χ0v) is 4.16. The molecule has 5 N–H and O–H groups in total. The predicted molar refractivity (Wildman–Crippen MR) is 25.4 cm³/mol. The van der Waals surface area contributed by atoms with Crippen LogP contribution in [0.1, 0.15) is 0 Å². The second-order valence-electron chi connectivity index (χ2n) is 1.31. The van der Waals surface area contributed by atoms with Gasteiger partial charge in [0.15, 0.2) is 0 Å². The second kappa shape index (κ2) is 3.36. The second-order valence-corrected chi connectivity index (χ2v) is 1.31. The molecule has 0 radical (unpaired) electrons. The fraction of sp³-hybridized carbons (Fsp3) is 0.667. The van der Waals surface area contributed by atoms with E-state index >= 15 is 0 Å². The highest BCUT2D eigenvalue weighted by Crippen LogP contribution is 1.71. The van der Waals surface area contributed by atoms with Crippen LogP contribution in [-0.2, 0) is 4.79 Å². The summed E-state index contributed by atoms with van der Waals surface area (Å²) in [5.74, 6) is -1.13. The largest absolute Gasteiger partial charge is 0.480 e. The molecule has 0 fully saturated rings. The molecule has 8 heavy (non-hydrogen) atoms. The summed E-state index contributed by atoms with van der Waals surface area (Å²) in [4.78, 5) is 9.81. The molecular weight excluding hydrogens is 113 g/mol. The van der Waals surface area contributed by atoms with Crippen molar-refractivity contribution in [1.82, 2.24) is 5.48 Å². The average Bonchev–Trinajstić information content (AvgIpc) is 1.67. The van der Waals surface area contributed by atoms with E-state index in [9.17, 15) is 4.79 Å². The zero-order valence-electron chi connectivity index (χ0n) is 4.16. The highest BCUT2D eigenvalue weighted by Gasteiger charge is 2.08. The van der Waals surface area contributed by atoms with Crippen molar-refractivity contribution in [3.8, 4) is 0 Å². The van der Waals surface area contributed by atoms with Gasteiger partial charge in [0.05, 0.1) is 0 Å². The van der Waals surface area contributed by atoms with Crippen molar-refractivity contribution in [2.45, 2.75) is 6.04 Å². The van der Waals surface area contributed by atoms with Crippen molar-refractivity contribution in [3.63, 3.8) is 0 Å². The molecule has 0 aliphatic rings. The first-order chi connectivity index (χ1) is 3.68. The molecule has 5 nitrogen and oxygen atoms in total. The molecule has 0 aromatic rings. The first-order valence-electron chi connectivity index (χ1n) is 2.04. The van der Waals surface area contributed by atoms with Gasteiger partial charge in [0.2, 0.25) is 0 Å². The standard InChI is InChI=1S/C3H8N2O3/c4-2(1-5-8)3(6)7/h2,5,8H,1,4H2,(H,6,7)/t2-/m0/s1/i4+1. The van der Waals surface area contributed by atoms with Gasteiger partial charge in [-0.2, -0.15) is 0 Å². The van der Waals surface area contributed by atoms with Crippen LogP contribution in [0.15, 0.2) is 0 Å². The van der Waals surface area contributed by atoms with Crippen LogP contribution in [0.3, 0.4) is 0 Å². The minimum absolute atomic E-state index is 0.130. The highest BCUT2D eigenvalue weighted by atomic mass is 16.5. The number of nitrogens with two attached hydrogens (primary N) is 1. The van der Waals surface area contributed by atoms with Gasteiger partial charge in [0.25, 0.3) is 0 Å². The summed E-state index contributed by atoms with van der Waals surface area (Å²) in [6.45, 7) is -0.130. The fourth-order valence-electron chi connectivity index (χ4n) is 0.186. The zero-order chi connectivity index (χ0) is 6.57. The number of nitrogens with one attached hydrogen (secondary N) is 1. The number of hydrogen-bond donors (Lipinski definition) is 4. The summed E-state index contributed by atoms with van der Waals surface area (Å²) in [5, 5.41) is 15.9. The first-order valence-corrected chi connectivity index (χ1v) is 2.04. The van der Waals surface area contributed by atoms with E-state index in [0.717, 1.165) is 0 Å². The smallest absolute Gasteiger partial charge is 0.321 e. The topological polar surface area (TPSA) is 95.6 Å². The van der Waals surface area contributed by atoms with Crippen molar-refractivity contribution in [3.05, 3.63) is 0 Å². The molecule has 0 amide bonds. The lowest BCUT2D eigenvalue weighted by Gasteiger charge is -2.01. The number of rotatable bonds is 3. The van der Waals surface area contributed by atoms with Crippen LogP contribution in [0.25, 0.3) is 0 Å². The van der Waals surface area contributed by atoms with E-state index < -0.39 is 12.0 Å². The van der Waals surface area contributed by atoms with Gasteiger partial charge >= 0.3 is 5.97 Å². The lowest BCUT2D eigenvalue weighted by Crippen LogP contribution is -2.39. The monoisotopic (exact) mass is 121 g/mol. The molecule has 48 valence electrons. The van der Waals surface area contributed by atoms with Gasteiger partial charge in [0.1, 0.15) is 6.04 Å². The van der Waals surface area contributed by atoms with E-state index in [0.29, 0.717) is 0 Å². The van der Waals surface area contributed by atoms with Gasteiger partial charge in [-0.3, -0.25) is 4.79 Å². The maximum Gasteiger partial charge on any atom is 0.321 e. The maximum atomic E-state index is 9.81. The summed E-state index contributed by atoms with van der Waals surface area (Å²) >= 11 is 0. The Labute approximate surface area is 46.1 Å². The van der Waals surface area contributed by atoms with Gasteiger partial charge in [-0.1, -0.05) is 0 Å². The van der Waals surface area contributed by atoms with Gasteiger partial charge in [-0.15, -0.1) is 0 Å². The molecule has 0 aliphatic carbocycles. The Morgan fingerprint density at radius 3 is 2.50 bits per heavy atom. The Kier molecular flexibility index (Phi) is 3.09. The van der Waals surface area contributed by atoms with Crippen molar-refractivity contribution in [2.75, 3.05) is 6.54 Å². The summed E-state index contributed by atoms with van der Waals surface area (Å²) < 4.78 is 0. The minimum atomic E-state index is -1.13. The van der Waals surface area contributed by atoms with Crippen LogP contribution in [-0.4, -0.2) is 28.9 Å². The predicted octanol–water partition coefficient (Wildman–Crippen LogP) is -1.62. The Balaban J connectivity index is 3.32. The molecule has 0 rings (SSSR count). The normalized spacial score (nSPS) is 13.2. The number of carboxylic acid groups (broad SMARTS) is 1. The lowest BCUT2D eigenvalue weighted by atomic mass is 10.4. The molecule has 0 aromatic heterocycles. The van der Waals surface area contributed by atoms with Crippen LogP contribution < -0.4 is 11.2 Å². The van der Waals surface area contributed by atoms with Crippen molar-refractivity contribution in [2.24, 2.45) is 5.73 Å². The summed E-state index contributed by atoms with van der Waals surface area (Å²) in [5.41, 5.74) is 6.55. The van der Waals surface area contributed by atoms with Gasteiger partial charge in [-0.25, -0.2) is 5.48 Å². The van der Waals surface area contributed by atoms with E-state index in [2.05, 4.69) is 0 Å². The molecule has 5 heteroatoms. The quantitative estimate of drug-likeness (QED) is 0.266. The third-order valence-corrected chi connectivity index (χ3v) is 0.628. The number of hydroxylamine groups is 1. The van der Waals surface area contributed by atoms with E-state index in [1.54, 1.807) is 5.48 Å². The first kappa shape index (κ1) is 7.35. The third kappa shape index (κ3) is 2.51. The molecule has 0 saturated carbocycles. The summed E-state index contributed by atoms with van der Waals surface area (Å²) in [7, 11) is 0. The van der Waals surface area contributed by atoms with E-state index in [1.807, 2.05) is 0 Å². The molecule has 1 atom stereocenters. The molecular formula is C3H8N2O3. The Hall–Kier alpha value is -0.650. The van der Waals surface area contributed by atoms with E-state index in [-0.39, 0.29) is 6.54 Å². The minimum Gasteiger partial charge on any atom is -0.480 e. The molecule has 0 spiro atoms. The van der Waals surface area contributed by atoms with Gasteiger partial charge in [-0.05, 0) is 0 Å². The van der Waals surface area contributed by atoms with Crippen LogP contribution in [0.5, 0.6) is 0 Å².